The maximum Gasteiger partial charge on any atom is 0.330 e. The monoisotopic (exact) mass is 379 g/mol. The first-order valence-electron chi connectivity index (χ1n) is 9.23. The molecule has 4 rings (SSSR count). The molecule has 1 aromatic carbocycles. The third-order valence-electron chi connectivity index (χ3n) is 5.26. The summed E-state index contributed by atoms with van der Waals surface area (Å²) < 4.78 is 5.27. The summed E-state index contributed by atoms with van der Waals surface area (Å²) in [5, 5.41) is 16.8. The van der Waals surface area contributed by atoms with Gasteiger partial charge < -0.3 is 14.9 Å². The number of fused-ring (bicyclic) bond motifs is 1. The number of hydrogen-bond donors (Lipinski definition) is 2. The third kappa shape index (κ3) is 3.24. The third-order valence-corrected chi connectivity index (χ3v) is 5.26. The van der Waals surface area contributed by atoms with Gasteiger partial charge in [-0.2, -0.15) is 0 Å². The number of aliphatic carboxylic acids is 1. The number of carboxylic acids is 1. The summed E-state index contributed by atoms with van der Waals surface area (Å²) in [6.45, 7) is 5.60. The maximum absolute atomic E-state index is 13.1. The van der Waals surface area contributed by atoms with Crippen LogP contribution in [0.3, 0.4) is 0 Å². The Kier molecular flexibility index (Phi) is 4.37. The van der Waals surface area contributed by atoms with Gasteiger partial charge in [-0.25, -0.2) is 9.78 Å². The largest absolute Gasteiger partial charge is 0.479 e. The SMILES string of the molecule is Cc1ccc(C(NC(=O)c2cc(C3CC3)nc3onc(C)c23)C(=O)O)cc1C. The molecule has 1 amide bonds. The van der Waals surface area contributed by atoms with Gasteiger partial charge in [0.1, 0.15) is 0 Å². The zero-order chi connectivity index (χ0) is 20.0. The van der Waals surface area contributed by atoms with E-state index in [0.717, 1.165) is 29.7 Å². The lowest BCUT2D eigenvalue weighted by molar-refractivity contribution is -0.139. The molecule has 0 aliphatic heterocycles. The van der Waals surface area contributed by atoms with Crippen LogP contribution < -0.4 is 5.32 Å². The van der Waals surface area contributed by atoms with Gasteiger partial charge in [0.15, 0.2) is 6.04 Å². The Labute approximate surface area is 161 Å². The maximum atomic E-state index is 13.1. The molecule has 1 aliphatic rings. The number of carboxylic acid groups (broad SMARTS) is 1. The molecule has 2 N–H and O–H groups in total. The van der Waals surface area contributed by atoms with Crippen LogP contribution >= 0.6 is 0 Å². The Bertz CT molecular complexity index is 1100. The Morgan fingerprint density at radius 1 is 1.18 bits per heavy atom. The molecule has 2 heterocycles. The number of carbonyl (C=O) groups excluding carboxylic acids is 1. The standard InChI is InChI=1S/C21H21N3O4/c1-10-4-5-14(8-11(10)2)18(21(26)27)23-19(25)15-9-16(13-6-7-13)22-20-17(15)12(3)24-28-20/h4-5,8-9,13,18H,6-7H2,1-3H3,(H,23,25)(H,26,27). The molecule has 28 heavy (non-hydrogen) atoms. The van der Waals surface area contributed by atoms with Crippen LogP contribution in [0.15, 0.2) is 28.8 Å². The highest BCUT2D eigenvalue weighted by Crippen LogP contribution is 2.40. The van der Waals surface area contributed by atoms with Gasteiger partial charge in [-0.3, -0.25) is 4.79 Å². The summed E-state index contributed by atoms with van der Waals surface area (Å²) in [7, 11) is 0. The Morgan fingerprint density at radius 3 is 2.57 bits per heavy atom. The molecule has 1 atom stereocenters. The van der Waals surface area contributed by atoms with Crippen molar-refractivity contribution < 1.29 is 19.2 Å². The first-order valence-corrected chi connectivity index (χ1v) is 9.23. The van der Waals surface area contributed by atoms with E-state index in [-0.39, 0.29) is 0 Å². The number of rotatable bonds is 5. The van der Waals surface area contributed by atoms with Gasteiger partial charge >= 0.3 is 5.97 Å². The van der Waals surface area contributed by atoms with Crippen molar-refractivity contribution in [2.45, 2.75) is 45.6 Å². The van der Waals surface area contributed by atoms with Crippen LogP contribution in [0.25, 0.3) is 11.1 Å². The molecule has 144 valence electrons. The number of nitrogens with one attached hydrogen (secondary N) is 1. The van der Waals surface area contributed by atoms with E-state index in [0.29, 0.717) is 33.8 Å². The van der Waals surface area contributed by atoms with Crippen molar-refractivity contribution in [3.63, 3.8) is 0 Å². The smallest absolute Gasteiger partial charge is 0.330 e. The molecule has 1 unspecified atom stereocenters. The number of amides is 1. The molecule has 1 aliphatic carbocycles. The van der Waals surface area contributed by atoms with Gasteiger partial charge in [0.05, 0.1) is 16.6 Å². The number of nitrogens with zero attached hydrogens (tertiary/aromatic N) is 2. The van der Waals surface area contributed by atoms with Crippen molar-refractivity contribution in [1.29, 1.82) is 0 Å². The summed E-state index contributed by atoms with van der Waals surface area (Å²) in [5.74, 6) is -1.28. The molecule has 2 aromatic heterocycles. The van der Waals surface area contributed by atoms with E-state index in [2.05, 4.69) is 15.5 Å². The normalized spacial score (nSPS) is 14.8. The fourth-order valence-corrected chi connectivity index (χ4v) is 3.32. The number of aromatic nitrogens is 2. The lowest BCUT2D eigenvalue weighted by Crippen LogP contribution is -2.34. The second-order valence-electron chi connectivity index (χ2n) is 7.41. The van der Waals surface area contributed by atoms with Crippen molar-refractivity contribution in [2.75, 3.05) is 0 Å². The quantitative estimate of drug-likeness (QED) is 0.702. The van der Waals surface area contributed by atoms with E-state index in [1.807, 2.05) is 19.9 Å². The summed E-state index contributed by atoms with van der Waals surface area (Å²) >= 11 is 0. The second-order valence-corrected chi connectivity index (χ2v) is 7.41. The zero-order valence-corrected chi connectivity index (χ0v) is 15.9. The van der Waals surface area contributed by atoms with E-state index >= 15 is 0 Å². The second kappa shape index (κ2) is 6.74. The van der Waals surface area contributed by atoms with Crippen LogP contribution in [0.2, 0.25) is 0 Å². The number of carbonyl (C=O) groups is 2. The van der Waals surface area contributed by atoms with Gasteiger partial charge in [-0.05, 0) is 56.4 Å². The molecule has 7 nitrogen and oxygen atoms in total. The molecule has 3 aromatic rings. The topological polar surface area (TPSA) is 105 Å². The van der Waals surface area contributed by atoms with Crippen LogP contribution in [0.5, 0.6) is 0 Å². The van der Waals surface area contributed by atoms with E-state index in [4.69, 9.17) is 4.52 Å². The summed E-state index contributed by atoms with van der Waals surface area (Å²) in [6.07, 6.45) is 2.04. The first-order chi connectivity index (χ1) is 13.3. The predicted molar refractivity (Wildman–Crippen MR) is 102 cm³/mol. The highest BCUT2D eigenvalue weighted by atomic mass is 16.5. The predicted octanol–water partition coefficient (Wildman–Crippen LogP) is 3.58. The zero-order valence-electron chi connectivity index (χ0n) is 15.9. The fourth-order valence-electron chi connectivity index (χ4n) is 3.32. The molecule has 1 fully saturated rings. The molecule has 0 radical (unpaired) electrons. The van der Waals surface area contributed by atoms with E-state index in [1.54, 1.807) is 25.1 Å². The molecule has 7 heteroatoms. The van der Waals surface area contributed by atoms with Crippen LogP contribution in [-0.2, 0) is 4.79 Å². The highest BCUT2D eigenvalue weighted by molar-refractivity contribution is 6.07. The molecule has 0 spiro atoms. The van der Waals surface area contributed by atoms with Crippen LogP contribution in [0, 0.1) is 20.8 Å². The minimum Gasteiger partial charge on any atom is -0.479 e. The van der Waals surface area contributed by atoms with E-state index in [1.165, 1.54) is 0 Å². The minimum absolute atomic E-state index is 0.310. The number of benzene rings is 1. The van der Waals surface area contributed by atoms with Crippen molar-refractivity contribution in [3.05, 3.63) is 57.9 Å². The lowest BCUT2D eigenvalue weighted by atomic mass is 10.00. The summed E-state index contributed by atoms with van der Waals surface area (Å²) in [5.41, 5.74) is 4.55. The van der Waals surface area contributed by atoms with Gasteiger partial charge in [0.2, 0.25) is 0 Å². The molecular weight excluding hydrogens is 358 g/mol. The molecule has 1 saturated carbocycles. The van der Waals surface area contributed by atoms with Crippen molar-refractivity contribution in [1.82, 2.24) is 15.5 Å². The van der Waals surface area contributed by atoms with Gasteiger partial charge in [0, 0.05) is 11.6 Å². The summed E-state index contributed by atoms with van der Waals surface area (Å²) in [6, 6.07) is 5.95. The van der Waals surface area contributed by atoms with Crippen molar-refractivity contribution in [2.24, 2.45) is 0 Å². The molecule has 0 saturated heterocycles. The van der Waals surface area contributed by atoms with Crippen LogP contribution in [-0.4, -0.2) is 27.1 Å². The van der Waals surface area contributed by atoms with Crippen molar-refractivity contribution in [3.8, 4) is 0 Å². The van der Waals surface area contributed by atoms with Crippen LogP contribution in [0.4, 0.5) is 0 Å². The average molecular weight is 379 g/mol. The number of hydrogen-bond acceptors (Lipinski definition) is 5. The summed E-state index contributed by atoms with van der Waals surface area (Å²) in [4.78, 5) is 29.4. The Morgan fingerprint density at radius 2 is 1.93 bits per heavy atom. The van der Waals surface area contributed by atoms with Gasteiger partial charge in [0.25, 0.3) is 11.6 Å². The number of pyridine rings is 1. The Balaban J connectivity index is 1.72. The molecular formula is C21H21N3O4. The van der Waals surface area contributed by atoms with E-state index < -0.39 is 17.9 Å². The van der Waals surface area contributed by atoms with Crippen LogP contribution in [0.1, 0.15) is 63.2 Å². The average Bonchev–Trinajstić information content (AvgIpc) is 3.45. The lowest BCUT2D eigenvalue weighted by Gasteiger charge is -2.17. The van der Waals surface area contributed by atoms with E-state index in [9.17, 15) is 14.7 Å². The molecule has 0 bridgehead atoms. The Hall–Kier alpha value is -3.22. The fraction of sp³-hybridized carbons (Fsp3) is 0.333. The van der Waals surface area contributed by atoms with Crippen molar-refractivity contribution >= 4 is 23.0 Å². The first kappa shape index (κ1) is 18.2. The number of aryl methyl sites for hydroxylation is 3. The van der Waals surface area contributed by atoms with Gasteiger partial charge in [-0.1, -0.05) is 23.4 Å². The van der Waals surface area contributed by atoms with Gasteiger partial charge in [-0.15, -0.1) is 0 Å². The minimum atomic E-state index is -1.15. The highest BCUT2D eigenvalue weighted by Gasteiger charge is 2.30.